The van der Waals surface area contributed by atoms with Crippen molar-refractivity contribution in [1.29, 1.82) is 0 Å². The Morgan fingerprint density at radius 2 is 1.73 bits per heavy atom. The Labute approximate surface area is 174 Å². The van der Waals surface area contributed by atoms with Gasteiger partial charge in [-0.3, -0.25) is 9.59 Å². The molecule has 1 heterocycles. The van der Waals surface area contributed by atoms with E-state index in [4.69, 9.17) is 14.6 Å². The van der Waals surface area contributed by atoms with Crippen molar-refractivity contribution in [1.82, 2.24) is 4.90 Å². The van der Waals surface area contributed by atoms with Crippen LogP contribution in [0.4, 0.5) is 5.69 Å². The van der Waals surface area contributed by atoms with Crippen LogP contribution in [0, 0.1) is 0 Å². The van der Waals surface area contributed by atoms with Crippen molar-refractivity contribution >= 4 is 27.5 Å². The quantitative estimate of drug-likeness (QED) is 0.674. The number of anilines is 1. The molecule has 160 valence electrons. The molecule has 1 aliphatic rings. The summed E-state index contributed by atoms with van der Waals surface area (Å²) in [5.41, 5.74) is 1.17. The summed E-state index contributed by atoms with van der Waals surface area (Å²) in [6, 6.07) is 10.9. The maximum Gasteiger partial charge on any atom is 0.243 e. The van der Waals surface area contributed by atoms with Gasteiger partial charge < -0.3 is 19.7 Å². The van der Waals surface area contributed by atoms with E-state index in [1.54, 1.807) is 25.1 Å². The first-order chi connectivity index (χ1) is 14.3. The van der Waals surface area contributed by atoms with Crippen molar-refractivity contribution in [2.45, 2.75) is 18.2 Å². The molecular weight excluding hydrogens is 410 g/mol. The van der Waals surface area contributed by atoms with E-state index < -0.39 is 10.0 Å². The topological polar surface area (TPSA) is 128 Å². The third-order valence-electron chi connectivity index (χ3n) is 4.50. The van der Waals surface area contributed by atoms with Gasteiger partial charge in [0.2, 0.25) is 21.8 Å². The average molecular weight is 433 g/mol. The fourth-order valence-corrected chi connectivity index (χ4v) is 3.47. The standard InChI is InChI=1S/C20H23N3O6S/c1-2-23(20(25)11-14-3-6-16(7-4-14)30(21,26)27)13-19(24)22-15-5-8-17-18(12-15)29-10-9-28-17/h3-8,12H,2,9-11,13H2,1H3,(H,22,24)(H2,21,26,27). The molecule has 1 aliphatic heterocycles. The number of benzene rings is 2. The van der Waals surface area contributed by atoms with E-state index in [9.17, 15) is 18.0 Å². The van der Waals surface area contributed by atoms with Gasteiger partial charge in [-0.15, -0.1) is 0 Å². The molecule has 2 aromatic rings. The van der Waals surface area contributed by atoms with Gasteiger partial charge in [0.15, 0.2) is 11.5 Å². The predicted molar refractivity (Wildman–Crippen MR) is 110 cm³/mol. The molecule has 2 aromatic carbocycles. The molecule has 3 rings (SSSR count). The van der Waals surface area contributed by atoms with E-state index in [1.165, 1.54) is 29.2 Å². The Balaban J connectivity index is 1.58. The first kappa shape index (κ1) is 21.6. The van der Waals surface area contributed by atoms with Gasteiger partial charge >= 0.3 is 0 Å². The minimum absolute atomic E-state index is 0.0233. The molecule has 0 saturated carbocycles. The number of rotatable bonds is 7. The SMILES string of the molecule is CCN(CC(=O)Nc1ccc2c(c1)OCCO2)C(=O)Cc1ccc(S(N)(=O)=O)cc1. The fourth-order valence-electron chi connectivity index (χ4n) is 2.95. The number of nitrogens with zero attached hydrogens (tertiary/aromatic N) is 1. The highest BCUT2D eigenvalue weighted by Crippen LogP contribution is 2.32. The van der Waals surface area contributed by atoms with Crippen LogP contribution in [-0.2, 0) is 26.0 Å². The Hall–Kier alpha value is -3.11. The van der Waals surface area contributed by atoms with Gasteiger partial charge in [-0.1, -0.05) is 12.1 Å². The molecule has 0 unspecified atom stereocenters. The lowest BCUT2D eigenvalue weighted by atomic mass is 10.1. The lowest BCUT2D eigenvalue weighted by Crippen LogP contribution is -2.38. The van der Waals surface area contributed by atoms with Gasteiger partial charge in [-0.2, -0.15) is 0 Å². The van der Waals surface area contributed by atoms with Crippen LogP contribution in [0.1, 0.15) is 12.5 Å². The molecular formula is C20H23N3O6S. The van der Waals surface area contributed by atoms with Crippen LogP contribution >= 0.6 is 0 Å². The van der Waals surface area contributed by atoms with Crippen LogP contribution in [0.3, 0.4) is 0 Å². The smallest absolute Gasteiger partial charge is 0.243 e. The van der Waals surface area contributed by atoms with Crippen LogP contribution in [0.25, 0.3) is 0 Å². The zero-order valence-electron chi connectivity index (χ0n) is 16.5. The molecule has 3 N–H and O–H groups in total. The van der Waals surface area contributed by atoms with Gasteiger partial charge in [0.05, 0.1) is 17.9 Å². The summed E-state index contributed by atoms with van der Waals surface area (Å²) in [4.78, 5) is 26.4. The van der Waals surface area contributed by atoms with Gasteiger partial charge in [0.25, 0.3) is 0 Å². The minimum Gasteiger partial charge on any atom is -0.486 e. The van der Waals surface area contributed by atoms with E-state index >= 15 is 0 Å². The minimum atomic E-state index is -3.79. The molecule has 2 amide bonds. The number of amides is 2. The Bertz CT molecular complexity index is 1040. The third-order valence-corrected chi connectivity index (χ3v) is 5.43. The second-order valence-corrected chi connectivity index (χ2v) is 8.24. The van der Waals surface area contributed by atoms with Crippen LogP contribution in [0.5, 0.6) is 11.5 Å². The number of nitrogens with two attached hydrogens (primary N) is 1. The van der Waals surface area contributed by atoms with Gasteiger partial charge in [0.1, 0.15) is 13.2 Å². The van der Waals surface area contributed by atoms with Crippen molar-refractivity contribution in [2.24, 2.45) is 5.14 Å². The molecule has 0 fully saturated rings. The largest absolute Gasteiger partial charge is 0.486 e. The number of carbonyl (C=O) groups excluding carboxylic acids is 2. The highest BCUT2D eigenvalue weighted by Gasteiger charge is 2.18. The molecule has 10 heteroatoms. The molecule has 0 radical (unpaired) electrons. The number of fused-ring (bicyclic) bond motifs is 1. The summed E-state index contributed by atoms with van der Waals surface area (Å²) in [6.07, 6.45) is 0.0377. The zero-order valence-corrected chi connectivity index (χ0v) is 17.3. The number of likely N-dealkylation sites (N-methyl/N-ethyl adjacent to an activating group) is 1. The molecule has 0 bridgehead atoms. The summed E-state index contributed by atoms with van der Waals surface area (Å²) < 4.78 is 33.6. The first-order valence-electron chi connectivity index (χ1n) is 9.35. The second-order valence-electron chi connectivity index (χ2n) is 6.68. The summed E-state index contributed by atoms with van der Waals surface area (Å²) in [7, 11) is -3.79. The first-order valence-corrected chi connectivity index (χ1v) is 10.9. The molecule has 0 atom stereocenters. The Morgan fingerprint density at radius 3 is 2.37 bits per heavy atom. The molecule has 0 aliphatic carbocycles. The van der Waals surface area contributed by atoms with Crippen molar-refractivity contribution in [3.05, 3.63) is 48.0 Å². The highest BCUT2D eigenvalue weighted by atomic mass is 32.2. The third kappa shape index (κ3) is 5.49. The summed E-state index contributed by atoms with van der Waals surface area (Å²) in [6.45, 7) is 2.94. The van der Waals surface area contributed by atoms with Crippen LogP contribution < -0.4 is 19.9 Å². The van der Waals surface area contributed by atoms with E-state index in [0.29, 0.717) is 42.5 Å². The van der Waals surface area contributed by atoms with Gasteiger partial charge in [0, 0.05) is 18.3 Å². The highest BCUT2D eigenvalue weighted by molar-refractivity contribution is 7.89. The lowest BCUT2D eigenvalue weighted by Gasteiger charge is -2.21. The number of hydrogen-bond donors (Lipinski definition) is 2. The Morgan fingerprint density at radius 1 is 1.07 bits per heavy atom. The number of nitrogens with one attached hydrogen (secondary N) is 1. The van der Waals surface area contributed by atoms with E-state index in [2.05, 4.69) is 5.32 Å². The number of hydrogen-bond acceptors (Lipinski definition) is 6. The van der Waals surface area contributed by atoms with Crippen LogP contribution in [0.2, 0.25) is 0 Å². The van der Waals surface area contributed by atoms with E-state index in [-0.39, 0.29) is 29.7 Å². The van der Waals surface area contributed by atoms with Crippen LogP contribution in [0.15, 0.2) is 47.4 Å². The fraction of sp³-hybridized carbons (Fsp3) is 0.300. The second kappa shape index (κ2) is 9.14. The number of carbonyl (C=O) groups is 2. The summed E-state index contributed by atoms with van der Waals surface area (Å²) >= 11 is 0. The summed E-state index contributed by atoms with van der Waals surface area (Å²) in [5, 5.41) is 7.82. The predicted octanol–water partition coefficient (Wildman–Crippen LogP) is 1.13. The van der Waals surface area contributed by atoms with E-state index in [1.807, 2.05) is 0 Å². The molecule has 0 aromatic heterocycles. The molecule has 0 saturated heterocycles. The van der Waals surface area contributed by atoms with Crippen molar-refractivity contribution < 1.29 is 27.5 Å². The normalized spacial score (nSPS) is 12.9. The maximum absolute atomic E-state index is 12.6. The van der Waals surface area contributed by atoms with Crippen molar-refractivity contribution in [3.8, 4) is 11.5 Å². The molecule has 9 nitrogen and oxygen atoms in total. The number of ether oxygens (including phenoxy) is 2. The molecule has 30 heavy (non-hydrogen) atoms. The maximum atomic E-state index is 12.6. The average Bonchev–Trinajstić information content (AvgIpc) is 2.71. The van der Waals surface area contributed by atoms with Crippen LogP contribution in [-0.4, -0.2) is 51.4 Å². The number of sulfonamides is 1. The van der Waals surface area contributed by atoms with Gasteiger partial charge in [-0.25, -0.2) is 13.6 Å². The monoisotopic (exact) mass is 433 g/mol. The Kier molecular flexibility index (Phi) is 6.58. The van der Waals surface area contributed by atoms with Crippen molar-refractivity contribution in [3.63, 3.8) is 0 Å². The number of primary sulfonamides is 1. The summed E-state index contributed by atoms with van der Waals surface area (Å²) in [5.74, 6) is 0.591. The van der Waals surface area contributed by atoms with Crippen molar-refractivity contribution in [2.75, 3.05) is 31.6 Å². The lowest BCUT2D eigenvalue weighted by molar-refractivity contribution is -0.133. The van der Waals surface area contributed by atoms with Gasteiger partial charge in [-0.05, 0) is 36.8 Å². The molecule has 0 spiro atoms. The van der Waals surface area contributed by atoms with E-state index in [0.717, 1.165) is 0 Å². The zero-order chi connectivity index (χ0) is 21.7.